The summed E-state index contributed by atoms with van der Waals surface area (Å²) in [6.45, 7) is 2.93. The van der Waals surface area contributed by atoms with Crippen molar-refractivity contribution < 1.29 is 13.2 Å². The van der Waals surface area contributed by atoms with Crippen molar-refractivity contribution in [2.24, 2.45) is 7.05 Å². The highest BCUT2D eigenvalue weighted by Gasteiger charge is 2.21. The van der Waals surface area contributed by atoms with E-state index < -0.39 is 27.0 Å². The van der Waals surface area contributed by atoms with Crippen LogP contribution in [-0.4, -0.2) is 24.7 Å². The molecule has 0 fully saturated rings. The van der Waals surface area contributed by atoms with Crippen molar-refractivity contribution in [1.82, 2.24) is 9.13 Å². The van der Waals surface area contributed by atoms with Crippen LogP contribution in [0.4, 0.5) is 5.69 Å². The van der Waals surface area contributed by atoms with E-state index in [9.17, 15) is 18.0 Å². The quantitative estimate of drug-likeness (QED) is 0.708. The number of ether oxygens (including phenoxy) is 1. The fourth-order valence-electron chi connectivity index (χ4n) is 1.46. The van der Waals surface area contributed by atoms with Crippen molar-refractivity contribution >= 4 is 15.7 Å². The zero-order chi connectivity index (χ0) is 15.5. The van der Waals surface area contributed by atoms with Crippen LogP contribution in [0.3, 0.4) is 0 Å². The Balaban J connectivity index is 3.76. The average Bonchev–Trinajstić information content (AvgIpc) is 2.42. The van der Waals surface area contributed by atoms with Crippen LogP contribution >= 0.6 is 0 Å². The SMILES string of the molecule is C#CCn1c(OC)c(NS(=O)(=O)C=C)c(=O)n(C)c1=O. The van der Waals surface area contributed by atoms with Gasteiger partial charge in [-0.05, 0) is 0 Å². The van der Waals surface area contributed by atoms with Crippen molar-refractivity contribution in [2.75, 3.05) is 11.8 Å². The molecule has 0 saturated heterocycles. The Morgan fingerprint density at radius 1 is 1.50 bits per heavy atom. The molecule has 0 saturated carbocycles. The Labute approximate surface area is 115 Å². The van der Waals surface area contributed by atoms with Crippen molar-refractivity contribution in [2.45, 2.75) is 6.54 Å². The molecule has 0 aliphatic heterocycles. The molecule has 0 unspecified atom stereocenters. The number of rotatable bonds is 5. The molecule has 0 bridgehead atoms. The summed E-state index contributed by atoms with van der Waals surface area (Å²) < 4.78 is 31.6. The second-order valence-corrected chi connectivity index (χ2v) is 5.26. The topological polar surface area (TPSA) is 99.4 Å². The maximum Gasteiger partial charge on any atom is 0.334 e. The Morgan fingerprint density at radius 2 is 2.10 bits per heavy atom. The van der Waals surface area contributed by atoms with Crippen LogP contribution in [0.1, 0.15) is 0 Å². The average molecular weight is 299 g/mol. The highest BCUT2D eigenvalue weighted by molar-refractivity contribution is 7.95. The summed E-state index contributed by atoms with van der Waals surface area (Å²) in [6.07, 6.45) is 5.14. The van der Waals surface area contributed by atoms with Crippen LogP contribution in [0.5, 0.6) is 5.88 Å². The minimum absolute atomic E-state index is 0.182. The molecule has 1 rings (SSSR count). The van der Waals surface area contributed by atoms with E-state index in [1.54, 1.807) is 0 Å². The largest absolute Gasteiger partial charge is 0.480 e. The van der Waals surface area contributed by atoms with Gasteiger partial charge in [-0.25, -0.2) is 13.2 Å². The molecule has 8 nitrogen and oxygen atoms in total. The van der Waals surface area contributed by atoms with Crippen LogP contribution in [0.25, 0.3) is 0 Å². The van der Waals surface area contributed by atoms with Gasteiger partial charge in [0.15, 0.2) is 5.69 Å². The minimum Gasteiger partial charge on any atom is -0.480 e. The molecule has 0 aliphatic rings. The molecular formula is C11H13N3O5S. The monoisotopic (exact) mass is 299 g/mol. The molecule has 9 heteroatoms. The first-order valence-electron chi connectivity index (χ1n) is 5.25. The first kappa shape index (κ1) is 15.6. The van der Waals surface area contributed by atoms with Gasteiger partial charge in [0.05, 0.1) is 13.7 Å². The molecule has 1 heterocycles. The molecule has 1 aromatic heterocycles. The summed E-state index contributed by atoms with van der Waals surface area (Å²) >= 11 is 0. The number of nitrogens with zero attached hydrogens (tertiary/aromatic N) is 2. The summed E-state index contributed by atoms with van der Waals surface area (Å²) in [7, 11) is -1.55. The van der Waals surface area contributed by atoms with Gasteiger partial charge in [-0.3, -0.25) is 18.7 Å². The number of nitrogens with one attached hydrogen (secondary N) is 1. The predicted octanol–water partition coefficient (Wildman–Crippen LogP) is -0.926. The van der Waals surface area contributed by atoms with Gasteiger partial charge in [0.1, 0.15) is 0 Å². The van der Waals surface area contributed by atoms with Crippen LogP contribution in [-0.2, 0) is 23.6 Å². The van der Waals surface area contributed by atoms with E-state index in [1.165, 1.54) is 14.2 Å². The molecule has 1 aromatic rings. The van der Waals surface area contributed by atoms with Crippen molar-refractivity contribution in [3.05, 3.63) is 32.8 Å². The fraction of sp³-hybridized carbons (Fsp3) is 0.273. The van der Waals surface area contributed by atoms with Crippen molar-refractivity contribution in [1.29, 1.82) is 0 Å². The number of anilines is 1. The second kappa shape index (κ2) is 5.66. The van der Waals surface area contributed by atoms with Crippen LogP contribution < -0.4 is 20.7 Å². The van der Waals surface area contributed by atoms with Gasteiger partial charge >= 0.3 is 5.69 Å². The standard InChI is InChI=1S/C11H13N3O5S/c1-5-7-14-10(19-4)8(12-20(17,18)6-2)9(15)13(3)11(14)16/h1,6,12H,2,7H2,3-4H3. The van der Waals surface area contributed by atoms with Crippen LogP contribution in [0.15, 0.2) is 21.6 Å². The second-order valence-electron chi connectivity index (χ2n) is 3.64. The van der Waals surface area contributed by atoms with Gasteiger partial charge < -0.3 is 4.74 Å². The van der Waals surface area contributed by atoms with Gasteiger partial charge in [-0.15, -0.1) is 6.42 Å². The minimum atomic E-state index is -3.94. The molecule has 0 spiro atoms. The highest BCUT2D eigenvalue weighted by atomic mass is 32.2. The summed E-state index contributed by atoms with van der Waals surface area (Å²) in [5.74, 6) is 1.96. The molecule has 0 aromatic carbocycles. The number of sulfonamides is 1. The van der Waals surface area contributed by atoms with E-state index in [0.29, 0.717) is 5.41 Å². The predicted molar refractivity (Wildman–Crippen MR) is 74.1 cm³/mol. The zero-order valence-electron chi connectivity index (χ0n) is 10.9. The summed E-state index contributed by atoms with van der Waals surface area (Å²) in [6, 6.07) is 0. The van der Waals surface area contributed by atoms with Gasteiger partial charge in [0.25, 0.3) is 15.6 Å². The van der Waals surface area contributed by atoms with E-state index in [0.717, 1.165) is 9.13 Å². The molecule has 0 amide bonds. The van der Waals surface area contributed by atoms with Gasteiger partial charge in [-0.2, -0.15) is 0 Å². The molecule has 20 heavy (non-hydrogen) atoms. The maximum atomic E-state index is 12.0. The molecule has 0 aliphatic carbocycles. The summed E-state index contributed by atoms with van der Waals surface area (Å²) in [5.41, 5.74) is -1.98. The van der Waals surface area contributed by atoms with E-state index in [4.69, 9.17) is 11.2 Å². The number of hydrogen-bond donors (Lipinski definition) is 1. The third kappa shape index (κ3) is 2.75. The van der Waals surface area contributed by atoms with Gasteiger partial charge in [0.2, 0.25) is 5.88 Å². The lowest BCUT2D eigenvalue weighted by atomic mass is 10.4. The lowest BCUT2D eigenvalue weighted by Gasteiger charge is -2.15. The third-order valence-corrected chi connectivity index (χ3v) is 3.33. The smallest absolute Gasteiger partial charge is 0.334 e. The Bertz CT molecular complexity index is 795. The first-order valence-corrected chi connectivity index (χ1v) is 6.80. The molecule has 0 atom stereocenters. The Hall–Kier alpha value is -2.47. The summed E-state index contributed by atoms with van der Waals surface area (Å²) in [5, 5.41) is 0.627. The lowest BCUT2D eigenvalue weighted by molar-refractivity contribution is 0.367. The van der Waals surface area contributed by atoms with Gasteiger partial charge in [-0.1, -0.05) is 12.5 Å². The molecule has 1 N–H and O–H groups in total. The van der Waals surface area contributed by atoms with Crippen molar-refractivity contribution in [3.8, 4) is 18.2 Å². The normalized spacial score (nSPS) is 10.7. The third-order valence-electron chi connectivity index (χ3n) is 2.40. The zero-order valence-corrected chi connectivity index (χ0v) is 11.7. The maximum absolute atomic E-state index is 12.0. The summed E-state index contributed by atoms with van der Waals surface area (Å²) in [4.78, 5) is 23.9. The van der Waals surface area contributed by atoms with Crippen LogP contribution in [0.2, 0.25) is 0 Å². The molecule has 0 radical (unpaired) electrons. The highest BCUT2D eigenvalue weighted by Crippen LogP contribution is 2.19. The Morgan fingerprint density at radius 3 is 2.55 bits per heavy atom. The molecule has 108 valence electrons. The number of hydrogen-bond acceptors (Lipinski definition) is 5. The number of terminal acetylenes is 1. The van der Waals surface area contributed by atoms with Gasteiger partial charge in [0, 0.05) is 12.5 Å². The first-order chi connectivity index (χ1) is 9.29. The van der Waals surface area contributed by atoms with E-state index in [2.05, 4.69) is 12.5 Å². The van der Waals surface area contributed by atoms with E-state index >= 15 is 0 Å². The van der Waals surface area contributed by atoms with E-state index in [1.807, 2.05) is 4.72 Å². The van der Waals surface area contributed by atoms with Crippen LogP contribution in [0, 0.1) is 12.3 Å². The van der Waals surface area contributed by atoms with E-state index in [-0.39, 0.29) is 12.4 Å². The fourth-order valence-corrected chi connectivity index (χ4v) is 2.01. The number of methoxy groups -OCH3 is 1. The van der Waals surface area contributed by atoms with Crippen molar-refractivity contribution in [3.63, 3.8) is 0 Å². The Kier molecular flexibility index (Phi) is 4.41. The lowest BCUT2D eigenvalue weighted by Crippen LogP contribution is -2.40. The molecular weight excluding hydrogens is 286 g/mol. The number of aromatic nitrogens is 2.